The Kier molecular flexibility index (Phi) is 4.80. The smallest absolute Gasteiger partial charge is 0.119 e. The lowest BCUT2D eigenvalue weighted by Gasteiger charge is -2.26. The molecule has 1 saturated heterocycles. The average Bonchev–Trinajstić information content (AvgIpc) is 2.78. The fraction of sp³-hybridized carbons (Fsp3) is 0.600. The van der Waals surface area contributed by atoms with Crippen molar-refractivity contribution in [2.75, 3.05) is 6.61 Å². The molecule has 106 valence electrons. The number of hydrazine groups is 1. The highest BCUT2D eigenvalue weighted by atomic mass is 16.5. The zero-order valence-electron chi connectivity index (χ0n) is 11.9. The molecule has 3 atom stereocenters. The molecule has 0 saturated carbocycles. The molecule has 1 aliphatic heterocycles. The van der Waals surface area contributed by atoms with E-state index in [1.165, 1.54) is 0 Å². The summed E-state index contributed by atoms with van der Waals surface area (Å²) >= 11 is 0. The molecule has 1 aromatic carbocycles. The van der Waals surface area contributed by atoms with Gasteiger partial charge in [0.1, 0.15) is 5.75 Å². The third-order valence-corrected chi connectivity index (χ3v) is 3.56. The molecule has 1 heterocycles. The van der Waals surface area contributed by atoms with Crippen molar-refractivity contribution < 1.29 is 9.47 Å². The van der Waals surface area contributed by atoms with Crippen LogP contribution in [-0.4, -0.2) is 18.8 Å². The van der Waals surface area contributed by atoms with Gasteiger partial charge in [-0.3, -0.25) is 11.3 Å². The van der Waals surface area contributed by atoms with Crippen molar-refractivity contribution in [1.82, 2.24) is 5.43 Å². The summed E-state index contributed by atoms with van der Waals surface area (Å²) in [5.41, 5.74) is 4.02. The number of hydrogen-bond donors (Lipinski definition) is 2. The minimum absolute atomic E-state index is 0.0330. The van der Waals surface area contributed by atoms with Gasteiger partial charge in [0.15, 0.2) is 0 Å². The largest absolute Gasteiger partial charge is 0.491 e. The van der Waals surface area contributed by atoms with Crippen molar-refractivity contribution in [1.29, 1.82) is 0 Å². The molecule has 1 aliphatic rings. The normalized spacial score (nSPS) is 24.7. The first kappa shape index (κ1) is 14.3. The van der Waals surface area contributed by atoms with Gasteiger partial charge in [0.25, 0.3) is 0 Å². The molecule has 0 spiro atoms. The Morgan fingerprint density at radius 1 is 1.32 bits per heavy atom. The van der Waals surface area contributed by atoms with Crippen LogP contribution in [0, 0.1) is 5.92 Å². The van der Waals surface area contributed by atoms with Crippen LogP contribution in [0.2, 0.25) is 0 Å². The summed E-state index contributed by atoms with van der Waals surface area (Å²) in [6.45, 7) is 7.06. The quantitative estimate of drug-likeness (QED) is 0.633. The van der Waals surface area contributed by atoms with Gasteiger partial charge in [-0.15, -0.1) is 0 Å². The zero-order chi connectivity index (χ0) is 13.8. The molecule has 4 heteroatoms. The van der Waals surface area contributed by atoms with Crippen molar-refractivity contribution in [3.63, 3.8) is 0 Å². The second-order valence-electron chi connectivity index (χ2n) is 5.48. The molecule has 3 N–H and O–H groups in total. The summed E-state index contributed by atoms with van der Waals surface area (Å²) in [4.78, 5) is 0. The second kappa shape index (κ2) is 6.37. The molecule has 19 heavy (non-hydrogen) atoms. The van der Waals surface area contributed by atoms with E-state index in [1.54, 1.807) is 0 Å². The molecule has 0 amide bonds. The molecule has 1 aromatic rings. The fourth-order valence-corrected chi connectivity index (χ4v) is 2.55. The third-order valence-electron chi connectivity index (χ3n) is 3.56. The Bertz CT molecular complexity index is 392. The molecule has 0 radical (unpaired) electrons. The molecular formula is C15H24N2O2. The summed E-state index contributed by atoms with van der Waals surface area (Å²) in [6, 6.07) is 8.11. The molecule has 3 unspecified atom stereocenters. The van der Waals surface area contributed by atoms with Crippen molar-refractivity contribution >= 4 is 0 Å². The van der Waals surface area contributed by atoms with Crippen molar-refractivity contribution in [2.45, 2.75) is 45.4 Å². The summed E-state index contributed by atoms with van der Waals surface area (Å²) in [5.74, 6) is 7.11. The SMILES string of the molecule is CC(C)Oc1ccc(C(NN)C2OCCC2C)cc1. The molecule has 0 bridgehead atoms. The minimum atomic E-state index is 0.0330. The Labute approximate surface area is 115 Å². The molecule has 4 nitrogen and oxygen atoms in total. The fourth-order valence-electron chi connectivity index (χ4n) is 2.55. The van der Waals surface area contributed by atoms with Crippen LogP contribution >= 0.6 is 0 Å². The Morgan fingerprint density at radius 3 is 2.47 bits per heavy atom. The van der Waals surface area contributed by atoms with Crippen LogP contribution in [0.25, 0.3) is 0 Å². The lowest BCUT2D eigenvalue weighted by molar-refractivity contribution is 0.0607. The van der Waals surface area contributed by atoms with E-state index in [1.807, 2.05) is 26.0 Å². The number of hydrogen-bond acceptors (Lipinski definition) is 4. The van der Waals surface area contributed by atoms with Crippen LogP contribution in [0.4, 0.5) is 0 Å². The van der Waals surface area contributed by atoms with E-state index in [4.69, 9.17) is 15.3 Å². The van der Waals surface area contributed by atoms with Gasteiger partial charge in [-0.05, 0) is 43.9 Å². The highest BCUT2D eigenvalue weighted by Gasteiger charge is 2.32. The highest BCUT2D eigenvalue weighted by Crippen LogP contribution is 2.31. The van der Waals surface area contributed by atoms with Gasteiger partial charge in [0.05, 0.1) is 18.2 Å². The molecular weight excluding hydrogens is 240 g/mol. The topological polar surface area (TPSA) is 56.5 Å². The number of benzene rings is 1. The first-order valence-corrected chi connectivity index (χ1v) is 6.96. The van der Waals surface area contributed by atoms with Crippen molar-refractivity contribution in [3.05, 3.63) is 29.8 Å². The maximum absolute atomic E-state index is 5.79. The number of nitrogens with two attached hydrogens (primary N) is 1. The molecule has 2 rings (SSSR count). The predicted molar refractivity (Wildman–Crippen MR) is 75.8 cm³/mol. The first-order chi connectivity index (χ1) is 9.11. The Balaban J connectivity index is 2.10. The third kappa shape index (κ3) is 3.47. The lowest BCUT2D eigenvalue weighted by Crippen LogP contribution is -2.38. The van der Waals surface area contributed by atoms with Crippen molar-refractivity contribution in [3.8, 4) is 5.75 Å². The molecule has 0 aromatic heterocycles. The molecule has 1 fully saturated rings. The van der Waals surface area contributed by atoms with Crippen LogP contribution in [0.3, 0.4) is 0 Å². The molecule has 0 aliphatic carbocycles. The second-order valence-corrected chi connectivity index (χ2v) is 5.48. The maximum Gasteiger partial charge on any atom is 0.119 e. The first-order valence-electron chi connectivity index (χ1n) is 6.96. The average molecular weight is 264 g/mol. The van der Waals surface area contributed by atoms with E-state index in [0.717, 1.165) is 24.3 Å². The van der Waals surface area contributed by atoms with E-state index in [0.29, 0.717) is 5.92 Å². The van der Waals surface area contributed by atoms with Crippen molar-refractivity contribution in [2.24, 2.45) is 11.8 Å². The van der Waals surface area contributed by atoms with E-state index in [2.05, 4.69) is 24.5 Å². The van der Waals surface area contributed by atoms with E-state index < -0.39 is 0 Å². The van der Waals surface area contributed by atoms with E-state index in [-0.39, 0.29) is 18.2 Å². The van der Waals surface area contributed by atoms with Gasteiger partial charge in [0.2, 0.25) is 0 Å². The van der Waals surface area contributed by atoms with Gasteiger partial charge in [-0.2, -0.15) is 0 Å². The number of nitrogens with one attached hydrogen (secondary N) is 1. The lowest BCUT2D eigenvalue weighted by atomic mass is 9.93. The summed E-state index contributed by atoms with van der Waals surface area (Å²) < 4.78 is 11.4. The predicted octanol–water partition coefficient (Wildman–Crippen LogP) is 2.40. The van der Waals surface area contributed by atoms with Gasteiger partial charge < -0.3 is 9.47 Å². The van der Waals surface area contributed by atoms with Gasteiger partial charge in [0, 0.05) is 6.61 Å². The van der Waals surface area contributed by atoms with E-state index in [9.17, 15) is 0 Å². The summed E-state index contributed by atoms with van der Waals surface area (Å²) in [7, 11) is 0. The highest BCUT2D eigenvalue weighted by molar-refractivity contribution is 5.30. The van der Waals surface area contributed by atoms with Crippen LogP contribution in [0.1, 0.15) is 38.8 Å². The minimum Gasteiger partial charge on any atom is -0.491 e. The zero-order valence-corrected chi connectivity index (χ0v) is 11.9. The maximum atomic E-state index is 5.79. The summed E-state index contributed by atoms with van der Waals surface area (Å²) in [5, 5.41) is 0. The van der Waals surface area contributed by atoms with E-state index >= 15 is 0 Å². The van der Waals surface area contributed by atoms with Crippen LogP contribution in [0.5, 0.6) is 5.75 Å². The monoisotopic (exact) mass is 264 g/mol. The van der Waals surface area contributed by atoms with Crippen LogP contribution in [-0.2, 0) is 4.74 Å². The Morgan fingerprint density at radius 2 is 2.00 bits per heavy atom. The number of ether oxygens (including phenoxy) is 2. The number of rotatable bonds is 5. The van der Waals surface area contributed by atoms with Crippen LogP contribution in [0.15, 0.2) is 24.3 Å². The van der Waals surface area contributed by atoms with Crippen LogP contribution < -0.4 is 16.0 Å². The van der Waals surface area contributed by atoms with Gasteiger partial charge in [-0.1, -0.05) is 19.1 Å². The Hall–Kier alpha value is -1.10. The van der Waals surface area contributed by atoms with Gasteiger partial charge in [-0.25, -0.2) is 0 Å². The van der Waals surface area contributed by atoms with Gasteiger partial charge >= 0.3 is 0 Å². The summed E-state index contributed by atoms with van der Waals surface area (Å²) in [6.07, 6.45) is 1.42. The standard InChI is InChI=1S/C15H24N2O2/c1-10(2)19-13-6-4-12(5-7-13)14(17-16)15-11(3)8-9-18-15/h4-7,10-11,14-15,17H,8-9,16H2,1-3H3.